The van der Waals surface area contributed by atoms with E-state index in [9.17, 15) is 14.4 Å². The molecule has 0 fully saturated rings. The molecule has 1 aromatic rings. The van der Waals surface area contributed by atoms with E-state index in [1.54, 1.807) is 6.07 Å². The summed E-state index contributed by atoms with van der Waals surface area (Å²) in [5, 5.41) is 0. The van der Waals surface area contributed by atoms with Gasteiger partial charge in [-0.05, 0) is 31.4 Å². The molecule has 0 amide bonds. The van der Waals surface area contributed by atoms with Crippen LogP contribution < -0.4 is 0 Å². The molecule has 0 heterocycles. The Morgan fingerprint density at radius 2 is 0.714 bits per heavy atom. The monoisotopic (exact) mass is 588 g/mol. The zero-order valence-electron chi connectivity index (χ0n) is 27.2. The predicted molar refractivity (Wildman–Crippen MR) is 171 cm³/mol. The first-order valence-electron chi connectivity index (χ1n) is 17.2. The summed E-state index contributed by atoms with van der Waals surface area (Å²) in [5.74, 6) is -1.89. The van der Waals surface area contributed by atoms with Gasteiger partial charge in [0, 0.05) is 0 Å². The van der Waals surface area contributed by atoms with Gasteiger partial charge >= 0.3 is 17.9 Å². The van der Waals surface area contributed by atoms with Crippen molar-refractivity contribution in [3.63, 3.8) is 0 Å². The minimum absolute atomic E-state index is 0.0467. The van der Waals surface area contributed by atoms with Crippen molar-refractivity contribution in [3.8, 4) is 0 Å². The molecule has 0 spiro atoms. The molecule has 1 aromatic carbocycles. The minimum atomic E-state index is -0.674. The highest BCUT2D eigenvalue weighted by Gasteiger charge is 2.27. The van der Waals surface area contributed by atoms with Crippen LogP contribution in [0.2, 0.25) is 0 Å². The summed E-state index contributed by atoms with van der Waals surface area (Å²) in [6.07, 6.45) is 23.3. The minimum Gasteiger partial charge on any atom is -0.462 e. The number of ether oxygens (including phenoxy) is 3. The van der Waals surface area contributed by atoms with Crippen molar-refractivity contribution in [2.75, 3.05) is 19.8 Å². The van der Waals surface area contributed by atoms with Gasteiger partial charge in [-0.25, -0.2) is 14.4 Å². The number of unbranched alkanes of at least 4 members (excludes halogenated alkanes) is 18. The van der Waals surface area contributed by atoms with Crippen LogP contribution in [0, 0.1) is 0 Å². The molecule has 6 heteroatoms. The largest absolute Gasteiger partial charge is 0.462 e. The highest BCUT2D eigenvalue weighted by atomic mass is 16.5. The molecule has 240 valence electrons. The number of esters is 3. The molecule has 0 saturated heterocycles. The van der Waals surface area contributed by atoms with Crippen LogP contribution in [-0.2, 0) is 14.2 Å². The van der Waals surface area contributed by atoms with Crippen LogP contribution in [0.1, 0.15) is 187 Å². The van der Waals surface area contributed by atoms with E-state index in [0.29, 0.717) is 0 Å². The topological polar surface area (TPSA) is 78.9 Å². The van der Waals surface area contributed by atoms with E-state index in [-0.39, 0.29) is 36.5 Å². The van der Waals surface area contributed by atoms with Crippen LogP contribution >= 0.6 is 0 Å². The highest BCUT2D eigenvalue weighted by Crippen LogP contribution is 2.20. The summed E-state index contributed by atoms with van der Waals surface area (Å²) in [5.41, 5.74) is 0.0790. The summed E-state index contributed by atoms with van der Waals surface area (Å²) < 4.78 is 16.6. The molecule has 0 bridgehead atoms. The van der Waals surface area contributed by atoms with Gasteiger partial charge in [0.25, 0.3) is 0 Å². The predicted octanol–water partition coefficient (Wildman–Crippen LogP) is 10.4. The van der Waals surface area contributed by atoms with Crippen molar-refractivity contribution in [2.45, 2.75) is 156 Å². The molecule has 0 aliphatic heterocycles. The molecule has 0 aromatic heterocycles. The average molecular weight is 589 g/mol. The first-order valence-corrected chi connectivity index (χ1v) is 17.2. The Morgan fingerprint density at radius 1 is 0.429 bits per heavy atom. The normalized spacial score (nSPS) is 10.9. The van der Waals surface area contributed by atoms with Crippen LogP contribution in [0.5, 0.6) is 0 Å². The highest BCUT2D eigenvalue weighted by molar-refractivity contribution is 6.10. The van der Waals surface area contributed by atoms with Gasteiger partial charge in [0.2, 0.25) is 0 Å². The second-order valence-corrected chi connectivity index (χ2v) is 11.5. The fourth-order valence-corrected chi connectivity index (χ4v) is 5.01. The molecular formula is C36H60O6. The van der Waals surface area contributed by atoms with Gasteiger partial charge in [-0.15, -0.1) is 0 Å². The SMILES string of the molecule is CCCCCCCCCOC(=O)c1cccc(C(=O)OCCCCCCCCC)c1C(=O)OCCCCCCCCC. The molecule has 42 heavy (non-hydrogen) atoms. The smallest absolute Gasteiger partial charge is 0.339 e. The Bertz CT molecular complexity index is 799. The zero-order chi connectivity index (χ0) is 30.7. The molecule has 0 N–H and O–H groups in total. The van der Waals surface area contributed by atoms with Crippen molar-refractivity contribution >= 4 is 17.9 Å². The van der Waals surface area contributed by atoms with Crippen LogP contribution in [-0.4, -0.2) is 37.7 Å². The lowest BCUT2D eigenvalue weighted by molar-refractivity contribution is 0.0430. The van der Waals surface area contributed by atoms with Gasteiger partial charge in [-0.2, -0.15) is 0 Å². The summed E-state index contributed by atoms with van der Waals surface area (Å²) in [7, 11) is 0. The standard InChI is InChI=1S/C36H60O6/c1-4-7-10-13-16-19-22-28-40-34(37)31-26-25-27-32(35(38)41-29-23-20-17-14-11-8-5-2)33(31)36(39)42-30-24-21-18-15-12-9-6-3/h25-27H,4-24,28-30H2,1-3H3. The number of carbonyl (C=O) groups is 3. The molecule has 0 aliphatic carbocycles. The van der Waals surface area contributed by atoms with Crippen molar-refractivity contribution in [1.29, 1.82) is 0 Å². The van der Waals surface area contributed by atoms with E-state index < -0.39 is 17.9 Å². The summed E-state index contributed by atoms with van der Waals surface area (Å²) in [4.78, 5) is 39.3. The first kappa shape index (κ1) is 37.7. The van der Waals surface area contributed by atoms with Gasteiger partial charge in [-0.1, -0.05) is 142 Å². The second kappa shape index (κ2) is 26.3. The number of rotatable bonds is 27. The molecule has 0 aliphatic rings. The third kappa shape index (κ3) is 17.6. The quantitative estimate of drug-likeness (QED) is 0.0578. The van der Waals surface area contributed by atoms with Crippen LogP contribution in [0.25, 0.3) is 0 Å². The molecule has 0 saturated carbocycles. The molecule has 0 atom stereocenters. The van der Waals surface area contributed by atoms with E-state index >= 15 is 0 Å². The second-order valence-electron chi connectivity index (χ2n) is 11.5. The van der Waals surface area contributed by atoms with E-state index in [0.717, 1.165) is 57.8 Å². The van der Waals surface area contributed by atoms with Crippen molar-refractivity contribution < 1.29 is 28.6 Å². The zero-order valence-corrected chi connectivity index (χ0v) is 27.2. The lowest BCUT2D eigenvalue weighted by Crippen LogP contribution is -2.20. The molecule has 0 unspecified atom stereocenters. The summed E-state index contributed by atoms with van der Waals surface area (Å²) in [6, 6.07) is 4.66. The Morgan fingerprint density at radius 3 is 1.05 bits per heavy atom. The Balaban J connectivity index is 2.75. The molecule has 0 radical (unpaired) electrons. The average Bonchev–Trinajstić information content (AvgIpc) is 3.00. The van der Waals surface area contributed by atoms with Crippen molar-refractivity contribution in [1.82, 2.24) is 0 Å². The molecular weight excluding hydrogens is 528 g/mol. The number of carbonyl (C=O) groups excluding carboxylic acids is 3. The lowest BCUT2D eigenvalue weighted by atomic mass is 10.0. The summed E-state index contributed by atoms with van der Waals surface area (Å²) in [6.45, 7) is 7.41. The third-order valence-corrected chi connectivity index (χ3v) is 7.65. The fourth-order valence-electron chi connectivity index (χ4n) is 5.01. The molecule has 6 nitrogen and oxygen atoms in total. The maximum Gasteiger partial charge on any atom is 0.339 e. The van der Waals surface area contributed by atoms with Gasteiger partial charge in [0.15, 0.2) is 0 Å². The lowest BCUT2D eigenvalue weighted by Gasteiger charge is -2.14. The van der Waals surface area contributed by atoms with Crippen LogP contribution in [0.3, 0.4) is 0 Å². The van der Waals surface area contributed by atoms with E-state index in [4.69, 9.17) is 14.2 Å². The number of hydrogen-bond acceptors (Lipinski definition) is 6. The fraction of sp³-hybridized carbons (Fsp3) is 0.750. The van der Waals surface area contributed by atoms with Gasteiger partial charge in [-0.3, -0.25) is 0 Å². The van der Waals surface area contributed by atoms with E-state index in [2.05, 4.69) is 20.8 Å². The Hall–Kier alpha value is -2.37. The number of hydrogen-bond donors (Lipinski definition) is 0. The summed E-state index contributed by atoms with van der Waals surface area (Å²) >= 11 is 0. The van der Waals surface area contributed by atoms with Crippen molar-refractivity contribution in [2.24, 2.45) is 0 Å². The Labute approximate surface area is 256 Å². The first-order chi connectivity index (χ1) is 20.6. The van der Waals surface area contributed by atoms with Gasteiger partial charge in [0.05, 0.1) is 36.5 Å². The third-order valence-electron chi connectivity index (χ3n) is 7.65. The maximum absolute atomic E-state index is 13.2. The molecule has 1 rings (SSSR count). The Kier molecular flexibility index (Phi) is 23.6. The maximum atomic E-state index is 13.2. The number of benzene rings is 1. The van der Waals surface area contributed by atoms with E-state index in [1.165, 1.54) is 89.2 Å². The van der Waals surface area contributed by atoms with Crippen molar-refractivity contribution in [3.05, 3.63) is 34.9 Å². The van der Waals surface area contributed by atoms with Gasteiger partial charge < -0.3 is 14.2 Å². The van der Waals surface area contributed by atoms with Crippen LogP contribution in [0.4, 0.5) is 0 Å². The van der Waals surface area contributed by atoms with Gasteiger partial charge in [0.1, 0.15) is 0 Å². The van der Waals surface area contributed by atoms with E-state index in [1.807, 2.05) is 0 Å². The van der Waals surface area contributed by atoms with Crippen LogP contribution in [0.15, 0.2) is 18.2 Å².